The minimum Gasteiger partial charge on any atom is -0.322 e. The van der Waals surface area contributed by atoms with Crippen LogP contribution in [0.2, 0.25) is 5.02 Å². The van der Waals surface area contributed by atoms with Gasteiger partial charge in [-0.3, -0.25) is 4.40 Å². The van der Waals surface area contributed by atoms with Crippen LogP contribution in [0, 0.1) is 0 Å². The molecule has 0 saturated carbocycles. The number of nitrogens with two attached hydrogens (primary N) is 1. The smallest absolute Gasteiger partial charge is 0.162 e. The molecule has 2 heterocycles. The lowest BCUT2D eigenvalue weighted by molar-refractivity contribution is 0.726. The molecule has 0 saturated heterocycles. The lowest BCUT2D eigenvalue weighted by Crippen LogP contribution is -2.09. The molecule has 2 aromatic rings. The molecule has 2 rings (SSSR count). The first-order valence-electron chi connectivity index (χ1n) is 3.94. The Labute approximate surface area is 80.3 Å². The zero-order valence-electron chi connectivity index (χ0n) is 7.11. The van der Waals surface area contributed by atoms with E-state index in [0.717, 1.165) is 11.5 Å². The lowest BCUT2D eigenvalue weighted by Gasteiger charge is -2.01. The average molecular weight is 197 g/mol. The van der Waals surface area contributed by atoms with E-state index in [1.54, 1.807) is 12.1 Å². The van der Waals surface area contributed by atoms with Crippen LogP contribution >= 0.6 is 11.6 Å². The number of rotatable bonds is 1. The zero-order valence-corrected chi connectivity index (χ0v) is 7.86. The molecule has 0 amide bonds. The standard InChI is InChI=1S/C8H9ClN4/c1-5(10)8-12-11-7-4-6(9)2-3-13(7)8/h2-5H,10H2,1H3. The topological polar surface area (TPSA) is 56.2 Å². The van der Waals surface area contributed by atoms with Crippen molar-refractivity contribution in [2.75, 3.05) is 0 Å². The van der Waals surface area contributed by atoms with Crippen LogP contribution in [0.3, 0.4) is 0 Å². The first-order valence-corrected chi connectivity index (χ1v) is 4.32. The summed E-state index contributed by atoms with van der Waals surface area (Å²) in [6.07, 6.45) is 1.82. The predicted molar refractivity (Wildman–Crippen MR) is 50.6 cm³/mol. The SMILES string of the molecule is CC(N)c1nnc2cc(Cl)ccn12. The molecule has 0 aliphatic rings. The molecule has 5 heteroatoms. The number of hydrogen-bond donors (Lipinski definition) is 1. The van der Waals surface area contributed by atoms with Crippen LogP contribution in [0.1, 0.15) is 18.8 Å². The van der Waals surface area contributed by atoms with Crippen LogP contribution < -0.4 is 5.73 Å². The van der Waals surface area contributed by atoms with Crippen molar-refractivity contribution in [3.05, 3.63) is 29.2 Å². The molecule has 4 nitrogen and oxygen atoms in total. The Morgan fingerprint density at radius 3 is 3.00 bits per heavy atom. The second kappa shape index (κ2) is 2.97. The monoisotopic (exact) mass is 196 g/mol. The van der Waals surface area contributed by atoms with Crippen molar-refractivity contribution in [1.82, 2.24) is 14.6 Å². The Morgan fingerprint density at radius 1 is 1.54 bits per heavy atom. The van der Waals surface area contributed by atoms with E-state index >= 15 is 0 Å². The molecule has 1 unspecified atom stereocenters. The Balaban J connectivity index is 2.69. The summed E-state index contributed by atoms with van der Waals surface area (Å²) in [4.78, 5) is 0. The fourth-order valence-corrected chi connectivity index (χ4v) is 1.35. The number of hydrogen-bond acceptors (Lipinski definition) is 3. The minimum atomic E-state index is -0.129. The lowest BCUT2D eigenvalue weighted by atomic mass is 10.3. The van der Waals surface area contributed by atoms with Gasteiger partial charge < -0.3 is 5.73 Å². The number of aromatic nitrogens is 3. The van der Waals surface area contributed by atoms with Gasteiger partial charge in [0.15, 0.2) is 11.5 Å². The first kappa shape index (κ1) is 8.47. The van der Waals surface area contributed by atoms with E-state index in [2.05, 4.69) is 10.2 Å². The maximum atomic E-state index is 5.80. The molecule has 13 heavy (non-hydrogen) atoms. The summed E-state index contributed by atoms with van der Waals surface area (Å²) in [7, 11) is 0. The van der Waals surface area contributed by atoms with Gasteiger partial charge in [0.25, 0.3) is 0 Å². The van der Waals surface area contributed by atoms with Crippen molar-refractivity contribution in [1.29, 1.82) is 0 Å². The van der Waals surface area contributed by atoms with E-state index in [9.17, 15) is 0 Å². The van der Waals surface area contributed by atoms with Gasteiger partial charge in [0.2, 0.25) is 0 Å². The second-order valence-corrected chi connectivity index (χ2v) is 3.36. The van der Waals surface area contributed by atoms with Gasteiger partial charge in [0.05, 0.1) is 6.04 Å². The molecule has 0 aliphatic carbocycles. The zero-order chi connectivity index (χ0) is 9.42. The van der Waals surface area contributed by atoms with Gasteiger partial charge in [-0.25, -0.2) is 0 Å². The molecule has 0 fully saturated rings. The quantitative estimate of drug-likeness (QED) is 0.750. The van der Waals surface area contributed by atoms with Crippen LogP contribution in [0.25, 0.3) is 5.65 Å². The highest BCUT2D eigenvalue weighted by atomic mass is 35.5. The molecule has 0 bridgehead atoms. The molecule has 2 N–H and O–H groups in total. The van der Waals surface area contributed by atoms with E-state index in [-0.39, 0.29) is 6.04 Å². The van der Waals surface area contributed by atoms with Crippen molar-refractivity contribution in [3.63, 3.8) is 0 Å². The largest absolute Gasteiger partial charge is 0.322 e. The summed E-state index contributed by atoms with van der Waals surface area (Å²) < 4.78 is 1.83. The molecule has 0 radical (unpaired) electrons. The van der Waals surface area contributed by atoms with Crippen molar-refractivity contribution < 1.29 is 0 Å². The molecular weight excluding hydrogens is 188 g/mol. The first-order chi connectivity index (χ1) is 6.18. The van der Waals surface area contributed by atoms with E-state index in [1.165, 1.54) is 0 Å². The third-order valence-electron chi connectivity index (χ3n) is 1.81. The number of nitrogens with zero attached hydrogens (tertiary/aromatic N) is 3. The number of pyridine rings is 1. The molecule has 2 aromatic heterocycles. The average Bonchev–Trinajstić information content (AvgIpc) is 2.46. The third-order valence-corrected chi connectivity index (χ3v) is 2.04. The third kappa shape index (κ3) is 1.38. The summed E-state index contributed by atoms with van der Waals surface area (Å²) in [5.74, 6) is 0.742. The van der Waals surface area contributed by atoms with E-state index in [0.29, 0.717) is 5.02 Å². The van der Waals surface area contributed by atoms with Gasteiger partial charge in [0.1, 0.15) is 0 Å². The van der Waals surface area contributed by atoms with Gasteiger partial charge in [0, 0.05) is 17.3 Å². The van der Waals surface area contributed by atoms with Crippen LogP contribution in [0.5, 0.6) is 0 Å². The van der Waals surface area contributed by atoms with E-state index < -0.39 is 0 Å². The minimum absolute atomic E-state index is 0.129. The van der Waals surface area contributed by atoms with Crippen LogP contribution in [-0.4, -0.2) is 14.6 Å². The van der Waals surface area contributed by atoms with Crippen molar-refractivity contribution in [2.45, 2.75) is 13.0 Å². The summed E-state index contributed by atoms with van der Waals surface area (Å²) in [6, 6.07) is 3.40. The molecule has 0 aliphatic heterocycles. The fraction of sp³-hybridized carbons (Fsp3) is 0.250. The summed E-state index contributed by atoms with van der Waals surface area (Å²) in [5.41, 5.74) is 6.43. The molecule has 68 valence electrons. The van der Waals surface area contributed by atoms with Crippen molar-refractivity contribution >= 4 is 17.2 Å². The van der Waals surface area contributed by atoms with Crippen molar-refractivity contribution in [2.24, 2.45) is 5.73 Å². The highest BCUT2D eigenvalue weighted by molar-refractivity contribution is 6.30. The maximum Gasteiger partial charge on any atom is 0.162 e. The van der Waals surface area contributed by atoms with E-state index in [4.69, 9.17) is 17.3 Å². The molecular formula is C8H9ClN4. The highest BCUT2D eigenvalue weighted by Crippen LogP contribution is 2.14. The Kier molecular flexibility index (Phi) is 1.94. The van der Waals surface area contributed by atoms with Crippen molar-refractivity contribution in [3.8, 4) is 0 Å². The summed E-state index contributed by atoms with van der Waals surface area (Å²) >= 11 is 5.80. The van der Waals surface area contributed by atoms with E-state index in [1.807, 2.05) is 17.5 Å². The highest BCUT2D eigenvalue weighted by Gasteiger charge is 2.08. The van der Waals surface area contributed by atoms with Crippen LogP contribution in [-0.2, 0) is 0 Å². The number of halogens is 1. The fourth-order valence-electron chi connectivity index (χ4n) is 1.19. The number of fused-ring (bicyclic) bond motifs is 1. The predicted octanol–water partition coefficient (Wildman–Crippen LogP) is 1.40. The van der Waals surface area contributed by atoms with Gasteiger partial charge in [-0.05, 0) is 13.0 Å². The Bertz CT molecular complexity index is 435. The molecule has 0 aromatic carbocycles. The van der Waals surface area contributed by atoms with Gasteiger partial charge in [-0.15, -0.1) is 10.2 Å². The van der Waals surface area contributed by atoms with Crippen LogP contribution in [0.15, 0.2) is 18.3 Å². The Morgan fingerprint density at radius 2 is 2.31 bits per heavy atom. The second-order valence-electron chi connectivity index (χ2n) is 2.92. The van der Waals surface area contributed by atoms with Crippen LogP contribution in [0.4, 0.5) is 0 Å². The molecule has 1 atom stereocenters. The van der Waals surface area contributed by atoms with Gasteiger partial charge >= 0.3 is 0 Å². The Hall–Kier alpha value is -1.13. The van der Waals surface area contributed by atoms with Gasteiger partial charge in [-0.1, -0.05) is 11.6 Å². The van der Waals surface area contributed by atoms with Gasteiger partial charge in [-0.2, -0.15) is 0 Å². The summed E-state index contributed by atoms with van der Waals surface area (Å²) in [5, 5.41) is 8.56. The normalized spacial score (nSPS) is 13.5. The molecule has 0 spiro atoms. The maximum absolute atomic E-state index is 5.80. The summed E-state index contributed by atoms with van der Waals surface area (Å²) in [6.45, 7) is 1.87.